The Bertz CT molecular complexity index is 424. The minimum Gasteiger partial charge on any atom is -0.481 e. The third kappa shape index (κ3) is 3.35. The van der Waals surface area contributed by atoms with Crippen LogP contribution in [-0.2, 0) is 11.3 Å². The van der Waals surface area contributed by atoms with Crippen LogP contribution in [0, 0.1) is 11.8 Å². The maximum absolute atomic E-state index is 11.9. The zero-order valence-electron chi connectivity index (χ0n) is 11.0. The molecule has 0 bridgehead atoms. The molecule has 2 N–H and O–H groups in total. The van der Waals surface area contributed by atoms with E-state index in [9.17, 15) is 9.59 Å². The number of rotatable bonds is 6. The van der Waals surface area contributed by atoms with Crippen LogP contribution in [0.15, 0.2) is 18.3 Å². The van der Waals surface area contributed by atoms with Crippen LogP contribution in [0.4, 0.5) is 0 Å². The van der Waals surface area contributed by atoms with Crippen LogP contribution in [0.3, 0.4) is 0 Å². The van der Waals surface area contributed by atoms with Crippen LogP contribution >= 0.6 is 0 Å². The van der Waals surface area contributed by atoms with Gasteiger partial charge in [0.15, 0.2) is 0 Å². The predicted octanol–water partition coefficient (Wildman–Crippen LogP) is 1.59. The van der Waals surface area contributed by atoms with Gasteiger partial charge in [0.25, 0.3) is 5.91 Å². The first-order chi connectivity index (χ1) is 8.47. The smallest absolute Gasteiger partial charge is 0.308 e. The lowest BCUT2D eigenvalue weighted by molar-refractivity contribution is -0.142. The van der Waals surface area contributed by atoms with Gasteiger partial charge in [-0.15, -0.1) is 0 Å². The first-order valence-corrected chi connectivity index (χ1v) is 6.13. The maximum Gasteiger partial charge on any atom is 0.308 e. The molecule has 0 aliphatic heterocycles. The van der Waals surface area contributed by atoms with E-state index in [2.05, 4.69) is 5.32 Å². The summed E-state index contributed by atoms with van der Waals surface area (Å²) in [4.78, 5) is 22.9. The summed E-state index contributed by atoms with van der Waals surface area (Å²) in [5.41, 5.74) is 0.561. The summed E-state index contributed by atoms with van der Waals surface area (Å²) in [5.74, 6) is -1.68. The van der Waals surface area contributed by atoms with Gasteiger partial charge >= 0.3 is 5.97 Å². The molecule has 1 amide bonds. The number of hydrogen-bond acceptors (Lipinski definition) is 2. The topological polar surface area (TPSA) is 71.3 Å². The molecule has 1 rings (SSSR count). The summed E-state index contributed by atoms with van der Waals surface area (Å²) in [6.07, 6.45) is 1.83. The van der Waals surface area contributed by atoms with Gasteiger partial charge in [-0.05, 0) is 25.0 Å². The van der Waals surface area contributed by atoms with Crippen molar-refractivity contribution in [2.75, 3.05) is 6.54 Å². The summed E-state index contributed by atoms with van der Waals surface area (Å²) in [5, 5.41) is 11.7. The Balaban J connectivity index is 2.63. The van der Waals surface area contributed by atoms with Crippen molar-refractivity contribution < 1.29 is 14.7 Å². The molecule has 0 saturated heterocycles. The molecule has 0 aromatic carbocycles. The van der Waals surface area contributed by atoms with Gasteiger partial charge in [-0.25, -0.2) is 0 Å². The van der Waals surface area contributed by atoms with Gasteiger partial charge in [0.1, 0.15) is 5.69 Å². The molecule has 0 spiro atoms. The molecule has 0 fully saturated rings. The Labute approximate surface area is 107 Å². The summed E-state index contributed by atoms with van der Waals surface area (Å²) in [6, 6.07) is 3.53. The van der Waals surface area contributed by atoms with E-state index < -0.39 is 11.9 Å². The van der Waals surface area contributed by atoms with Crippen molar-refractivity contribution in [2.45, 2.75) is 27.3 Å². The van der Waals surface area contributed by atoms with E-state index >= 15 is 0 Å². The molecule has 1 unspecified atom stereocenters. The first-order valence-electron chi connectivity index (χ1n) is 6.13. The Morgan fingerprint density at radius 2 is 2.11 bits per heavy atom. The molecule has 5 heteroatoms. The highest BCUT2D eigenvalue weighted by atomic mass is 16.4. The maximum atomic E-state index is 11.9. The van der Waals surface area contributed by atoms with E-state index in [1.165, 1.54) is 0 Å². The van der Waals surface area contributed by atoms with Gasteiger partial charge in [0.05, 0.1) is 5.92 Å². The third-order valence-corrected chi connectivity index (χ3v) is 3.01. The number of carboxylic acids is 1. The summed E-state index contributed by atoms with van der Waals surface area (Å²) < 4.78 is 1.82. The van der Waals surface area contributed by atoms with E-state index in [1.807, 2.05) is 31.5 Å². The van der Waals surface area contributed by atoms with Gasteiger partial charge in [-0.1, -0.05) is 13.8 Å². The number of carbonyl (C=O) groups excluding carboxylic acids is 1. The second-order valence-corrected chi connectivity index (χ2v) is 4.58. The van der Waals surface area contributed by atoms with Crippen molar-refractivity contribution in [3.05, 3.63) is 24.0 Å². The standard InChI is InChI=1S/C13H20N2O3/c1-4-15-7-5-6-11(15)12(16)14-8-10(9(2)3)13(17)18/h5-7,9-10H,4,8H2,1-3H3,(H,14,16)(H,17,18). The van der Waals surface area contributed by atoms with Gasteiger partial charge in [-0.2, -0.15) is 0 Å². The second kappa shape index (κ2) is 6.23. The van der Waals surface area contributed by atoms with E-state index in [0.717, 1.165) is 0 Å². The lowest BCUT2D eigenvalue weighted by Gasteiger charge is -2.17. The fourth-order valence-corrected chi connectivity index (χ4v) is 1.80. The van der Waals surface area contributed by atoms with E-state index in [1.54, 1.807) is 12.1 Å². The molecule has 1 aromatic heterocycles. The number of aryl methyl sites for hydroxylation is 1. The fraction of sp³-hybridized carbons (Fsp3) is 0.538. The van der Waals surface area contributed by atoms with Crippen LogP contribution in [-0.4, -0.2) is 28.1 Å². The van der Waals surface area contributed by atoms with Crippen molar-refractivity contribution in [1.82, 2.24) is 9.88 Å². The number of aliphatic carboxylic acids is 1. The highest BCUT2D eigenvalue weighted by molar-refractivity contribution is 5.93. The van der Waals surface area contributed by atoms with Gasteiger partial charge in [-0.3, -0.25) is 9.59 Å². The first kappa shape index (κ1) is 14.3. The average molecular weight is 252 g/mol. The monoisotopic (exact) mass is 252 g/mol. The molecule has 1 heterocycles. The zero-order chi connectivity index (χ0) is 13.7. The van der Waals surface area contributed by atoms with Crippen LogP contribution in [0.25, 0.3) is 0 Å². The molecule has 0 saturated carbocycles. The van der Waals surface area contributed by atoms with E-state index in [4.69, 9.17) is 5.11 Å². The molecule has 0 aliphatic carbocycles. The van der Waals surface area contributed by atoms with Gasteiger partial charge in [0, 0.05) is 19.3 Å². The van der Waals surface area contributed by atoms with Crippen LogP contribution in [0.5, 0.6) is 0 Å². The average Bonchev–Trinajstić information content (AvgIpc) is 2.75. The van der Waals surface area contributed by atoms with Crippen LogP contribution in [0.2, 0.25) is 0 Å². The molecule has 0 aliphatic rings. The molecule has 1 aromatic rings. The molecular formula is C13H20N2O3. The molecule has 0 radical (unpaired) electrons. The third-order valence-electron chi connectivity index (χ3n) is 3.01. The predicted molar refractivity (Wildman–Crippen MR) is 68.4 cm³/mol. The van der Waals surface area contributed by atoms with Crippen molar-refractivity contribution in [1.29, 1.82) is 0 Å². The fourth-order valence-electron chi connectivity index (χ4n) is 1.80. The summed E-state index contributed by atoms with van der Waals surface area (Å²) in [7, 11) is 0. The Morgan fingerprint density at radius 1 is 1.44 bits per heavy atom. The van der Waals surface area contributed by atoms with Crippen LogP contribution < -0.4 is 5.32 Å². The van der Waals surface area contributed by atoms with E-state index in [0.29, 0.717) is 12.2 Å². The summed E-state index contributed by atoms with van der Waals surface area (Å²) >= 11 is 0. The number of nitrogens with one attached hydrogen (secondary N) is 1. The van der Waals surface area contributed by atoms with E-state index in [-0.39, 0.29) is 18.4 Å². The number of carbonyl (C=O) groups is 2. The molecule has 18 heavy (non-hydrogen) atoms. The van der Waals surface area contributed by atoms with Crippen molar-refractivity contribution in [2.24, 2.45) is 11.8 Å². The molecular weight excluding hydrogens is 232 g/mol. The molecule has 1 atom stereocenters. The Morgan fingerprint density at radius 3 is 2.61 bits per heavy atom. The number of nitrogens with zero attached hydrogens (tertiary/aromatic N) is 1. The van der Waals surface area contributed by atoms with Gasteiger partial charge < -0.3 is 15.0 Å². The Kier molecular flexibility index (Phi) is 4.95. The minimum absolute atomic E-state index is 0.0132. The molecule has 5 nitrogen and oxygen atoms in total. The van der Waals surface area contributed by atoms with Crippen molar-refractivity contribution >= 4 is 11.9 Å². The highest BCUT2D eigenvalue weighted by Gasteiger charge is 2.22. The number of hydrogen-bond donors (Lipinski definition) is 2. The molecule has 100 valence electrons. The normalized spacial score (nSPS) is 12.4. The summed E-state index contributed by atoms with van der Waals surface area (Å²) in [6.45, 7) is 6.48. The number of aromatic nitrogens is 1. The van der Waals surface area contributed by atoms with Crippen molar-refractivity contribution in [3.8, 4) is 0 Å². The highest BCUT2D eigenvalue weighted by Crippen LogP contribution is 2.10. The number of carboxylic acid groups (broad SMARTS) is 1. The second-order valence-electron chi connectivity index (χ2n) is 4.58. The lowest BCUT2D eigenvalue weighted by Crippen LogP contribution is -2.36. The SMILES string of the molecule is CCn1cccc1C(=O)NCC(C(=O)O)C(C)C. The number of amides is 1. The van der Waals surface area contributed by atoms with Crippen molar-refractivity contribution in [3.63, 3.8) is 0 Å². The zero-order valence-corrected chi connectivity index (χ0v) is 11.0. The quantitative estimate of drug-likeness (QED) is 0.807. The minimum atomic E-state index is -0.879. The van der Waals surface area contributed by atoms with Crippen LogP contribution in [0.1, 0.15) is 31.3 Å². The largest absolute Gasteiger partial charge is 0.481 e. The Hall–Kier alpha value is -1.78. The van der Waals surface area contributed by atoms with Gasteiger partial charge in [0.2, 0.25) is 0 Å². The lowest BCUT2D eigenvalue weighted by atomic mass is 9.96.